The normalized spacial score (nSPS) is 32.2. The van der Waals surface area contributed by atoms with Gasteiger partial charge in [-0.05, 0) is 42.9 Å². The fourth-order valence-corrected chi connectivity index (χ4v) is 4.77. The van der Waals surface area contributed by atoms with Gasteiger partial charge in [-0.1, -0.05) is 12.5 Å². The second-order valence-corrected chi connectivity index (χ2v) is 7.68. The summed E-state index contributed by atoms with van der Waals surface area (Å²) < 4.78 is 26.2. The summed E-state index contributed by atoms with van der Waals surface area (Å²) in [5, 5.41) is 0. The highest BCUT2D eigenvalue weighted by molar-refractivity contribution is 5.81. The minimum atomic E-state index is -2.68. The van der Waals surface area contributed by atoms with Crippen molar-refractivity contribution in [3.63, 3.8) is 0 Å². The molecule has 1 aromatic rings. The van der Waals surface area contributed by atoms with Gasteiger partial charge in [0, 0.05) is 31.4 Å². The van der Waals surface area contributed by atoms with Gasteiger partial charge in [-0.2, -0.15) is 0 Å². The van der Waals surface area contributed by atoms with E-state index in [-0.39, 0.29) is 17.2 Å². The lowest BCUT2D eigenvalue weighted by atomic mass is 9.76. The zero-order valence-corrected chi connectivity index (χ0v) is 13.8. The molecule has 4 nitrogen and oxygen atoms in total. The summed E-state index contributed by atoms with van der Waals surface area (Å²) in [6.07, 6.45) is 7.56. The molecule has 0 unspecified atom stereocenters. The van der Waals surface area contributed by atoms with Crippen LogP contribution in [0.2, 0.25) is 0 Å². The van der Waals surface area contributed by atoms with Gasteiger partial charge in [-0.3, -0.25) is 14.7 Å². The Morgan fingerprint density at radius 3 is 2.83 bits per heavy atom. The Morgan fingerprint density at radius 2 is 2.12 bits per heavy atom. The van der Waals surface area contributed by atoms with Crippen molar-refractivity contribution in [2.45, 2.75) is 38.2 Å². The molecule has 2 saturated heterocycles. The minimum Gasteiger partial charge on any atom is -0.330 e. The third-order valence-corrected chi connectivity index (χ3v) is 5.95. The first kappa shape index (κ1) is 15.9. The van der Waals surface area contributed by atoms with Gasteiger partial charge >= 0.3 is 0 Å². The van der Waals surface area contributed by atoms with E-state index >= 15 is 0 Å². The maximum atomic E-state index is 13.1. The van der Waals surface area contributed by atoms with Crippen molar-refractivity contribution in [1.82, 2.24) is 14.8 Å². The van der Waals surface area contributed by atoms with Crippen LogP contribution in [-0.2, 0) is 11.3 Å². The third kappa shape index (κ3) is 2.81. The van der Waals surface area contributed by atoms with E-state index < -0.39 is 19.0 Å². The van der Waals surface area contributed by atoms with Gasteiger partial charge in [-0.25, -0.2) is 8.78 Å². The van der Waals surface area contributed by atoms with E-state index in [4.69, 9.17) is 0 Å². The second kappa shape index (κ2) is 5.76. The summed E-state index contributed by atoms with van der Waals surface area (Å²) in [6.45, 7) is 1.92. The molecule has 0 bridgehead atoms. The number of aromatic nitrogens is 1. The highest BCUT2D eigenvalue weighted by atomic mass is 19.3. The van der Waals surface area contributed by atoms with Crippen LogP contribution in [0.3, 0.4) is 0 Å². The standard InChI is InChI=1S/C18H23F2N3O/c19-18(20)12-23(13-18)16(24)15-4-1-5-17(15)6-8-22(11-17)10-14-3-2-7-21-9-14/h2-3,7,9,15H,1,4-6,8,10-13H2/t15-,17-/m0/s1. The maximum Gasteiger partial charge on any atom is 0.282 e. The molecule has 4 rings (SSSR count). The Labute approximate surface area is 140 Å². The Bertz CT molecular complexity index is 616. The summed E-state index contributed by atoms with van der Waals surface area (Å²) in [4.78, 5) is 20.6. The van der Waals surface area contributed by atoms with Crippen molar-refractivity contribution in [2.75, 3.05) is 26.2 Å². The molecular weight excluding hydrogens is 312 g/mol. The average Bonchev–Trinajstić information content (AvgIpc) is 3.13. The number of carbonyl (C=O) groups is 1. The zero-order chi connectivity index (χ0) is 16.8. The predicted molar refractivity (Wildman–Crippen MR) is 85.4 cm³/mol. The Hall–Kier alpha value is -1.56. The van der Waals surface area contributed by atoms with Crippen molar-refractivity contribution < 1.29 is 13.6 Å². The van der Waals surface area contributed by atoms with Crippen LogP contribution in [0.4, 0.5) is 8.78 Å². The number of likely N-dealkylation sites (tertiary alicyclic amines) is 2. The SMILES string of the molecule is O=C([C@@H]1CCC[C@@]12CCN(Cc1cccnc1)C2)N1CC(F)(F)C1. The predicted octanol–water partition coefficient (Wildman–Crippen LogP) is 2.55. The van der Waals surface area contributed by atoms with E-state index in [2.05, 4.69) is 16.0 Å². The van der Waals surface area contributed by atoms with Crippen molar-refractivity contribution in [2.24, 2.45) is 11.3 Å². The number of carbonyl (C=O) groups excluding carboxylic acids is 1. The molecule has 2 aliphatic heterocycles. The van der Waals surface area contributed by atoms with E-state index in [1.807, 2.05) is 12.3 Å². The van der Waals surface area contributed by atoms with Gasteiger partial charge in [0.15, 0.2) is 0 Å². The van der Waals surface area contributed by atoms with E-state index in [9.17, 15) is 13.6 Å². The fourth-order valence-electron chi connectivity index (χ4n) is 4.77. The summed E-state index contributed by atoms with van der Waals surface area (Å²) in [5.74, 6) is -2.79. The van der Waals surface area contributed by atoms with E-state index in [0.29, 0.717) is 0 Å². The summed E-state index contributed by atoms with van der Waals surface area (Å²) in [6, 6.07) is 4.00. The number of hydrogen-bond acceptors (Lipinski definition) is 3. The van der Waals surface area contributed by atoms with Gasteiger partial charge < -0.3 is 4.90 Å². The molecule has 6 heteroatoms. The van der Waals surface area contributed by atoms with Crippen LogP contribution in [0.15, 0.2) is 24.5 Å². The van der Waals surface area contributed by atoms with Gasteiger partial charge in [0.05, 0.1) is 13.1 Å². The molecule has 1 aliphatic carbocycles. The van der Waals surface area contributed by atoms with Crippen LogP contribution < -0.4 is 0 Å². The number of amides is 1. The van der Waals surface area contributed by atoms with Crippen molar-refractivity contribution >= 4 is 5.91 Å². The molecule has 3 heterocycles. The van der Waals surface area contributed by atoms with E-state index in [0.717, 1.165) is 45.3 Å². The van der Waals surface area contributed by atoms with Crippen molar-refractivity contribution in [3.05, 3.63) is 30.1 Å². The topological polar surface area (TPSA) is 36.4 Å². The average molecular weight is 335 g/mol. The third-order valence-electron chi connectivity index (χ3n) is 5.95. The largest absolute Gasteiger partial charge is 0.330 e. The number of nitrogens with zero attached hydrogens (tertiary/aromatic N) is 3. The highest BCUT2D eigenvalue weighted by Gasteiger charge is 2.55. The van der Waals surface area contributed by atoms with Gasteiger partial charge in [0.1, 0.15) is 0 Å². The van der Waals surface area contributed by atoms with Gasteiger partial charge in [-0.15, -0.1) is 0 Å². The molecule has 0 radical (unpaired) electrons. The van der Waals surface area contributed by atoms with E-state index in [1.54, 1.807) is 6.20 Å². The molecule has 2 atom stereocenters. The van der Waals surface area contributed by atoms with Gasteiger partial charge in [0.25, 0.3) is 5.92 Å². The first-order valence-corrected chi connectivity index (χ1v) is 8.75. The first-order chi connectivity index (χ1) is 11.5. The van der Waals surface area contributed by atoms with Crippen LogP contribution >= 0.6 is 0 Å². The Kier molecular flexibility index (Phi) is 3.82. The molecule has 0 aromatic carbocycles. The van der Waals surface area contributed by atoms with Crippen LogP contribution in [0.25, 0.3) is 0 Å². The minimum absolute atomic E-state index is 0.00975. The van der Waals surface area contributed by atoms with Crippen molar-refractivity contribution in [1.29, 1.82) is 0 Å². The quantitative estimate of drug-likeness (QED) is 0.852. The molecule has 24 heavy (non-hydrogen) atoms. The molecule has 1 amide bonds. The first-order valence-electron chi connectivity index (χ1n) is 8.75. The molecule has 1 spiro atoms. The Balaban J connectivity index is 1.42. The molecule has 130 valence electrons. The van der Waals surface area contributed by atoms with Crippen LogP contribution in [0, 0.1) is 11.3 Å². The molecule has 1 aromatic heterocycles. The summed E-state index contributed by atoms with van der Waals surface area (Å²) in [5.41, 5.74) is 1.17. The zero-order valence-electron chi connectivity index (χ0n) is 13.8. The molecular formula is C18H23F2N3O. The van der Waals surface area contributed by atoms with Crippen LogP contribution in [0.5, 0.6) is 0 Å². The summed E-state index contributed by atoms with van der Waals surface area (Å²) in [7, 11) is 0. The van der Waals surface area contributed by atoms with E-state index in [1.165, 1.54) is 10.5 Å². The fraction of sp³-hybridized carbons (Fsp3) is 0.667. The number of hydrogen-bond donors (Lipinski definition) is 0. The lowest BCUT2D eigenvalue weighted by Gasteiger charge is -2.42. The highest BCUT2D eigenvalue weighted by Crippen LogP contribution is 2.51. The van der Waals surface area contributed by atoms with Crippen molar-refractivity contribution in [3.8, 4) is 0 Å². The lowest BCUT2D eigenvalue weighted by Crippen LogP contribution is -2.60. The van der Waals surface area contributed by atoms with Crippen LogP contribution in [-0.4, -0.2) is 52.8 Å². The maximum absolute atomic E-state index is 13.1. The number of alkyl halides is 2. The van der Waals surface area contributed by atoms with Gasteiger partial charge in [0.2, 0.25) is 5.91 Å². The monoisotopic (exact) mass is 335 g/mol. The number of pyridine rings is 1. The van der Waals surface area contributed by atoms with Crippen LogP contribution in [0.1, 0.15) is 31.2 Å². The molecule has 3 fully saturated rings. The number of rotatable bonds is 3. The lowest BCUT2D eigenvalue weighted by molar-refractivity contribution is -0.172. The second-order valence-electron chi connectivity index (χ2n) is 7.68. The molecule has 0 N–H and O–H groups in total. The molecule has 1 saturated carbocycles. The Morgan fingerprint density at radius 1 is 1.29 bits per heavy atom. The summed E-state index contributed by atoms with van der Waals surface area (Å²) >= 11 is 0. The number of halogens is 2. The molecule has 3 aliphatic rings. The smallest absolute Gasteiger partial charge is 0.282 e.